The van der Waals surface area contributed by atoms with Crippen LogP contribution in [0.1, 0.15) is 31.2 Å². The second-order valence-corrected chi connectivity index (χ2v) is 5.84. The van der Waals surface area contributed by atoms with Gasteiger partial charge in [-0.25, -0.2) is 13.2 Å². The van der Waals surface area contributed by atoms with Crippen molar-refractivity contribution in [2.45, 2.75) is 38.2 Å². The van der Waals surface area contributed by atoms with E-state index < -0.39 is 36.1 Å². The lowest BCUT2D eigenvalue weighted by molar-refractivity contribution is -0.149. The molecule has 0 aliphatic heterocycles. The molecule has 1 N–H and O–H groups in total. The van der Waals surface area contributed by atoms with Gasteiger partial charge in [0, 0.05) is 25.3 Å². The van der Waals surface area contributed by atoms with Crippen LogP contribution in [0.2, 0.25) is 0 Å². The molecule has 1 aromatic rings. The Balaban J connectivity index is 2.06. The van der Waals surface area contributed by atoms with E-state index in [0.29, 0.717) is 5.56 Å². The van der Waals surface area contributed by atoms with E-state index in [9.17, 15) is 22.8 Å². The largest absolute Gasteiger partial charge is 0.480 e. The van der Waals surface area contributed by atoms with E-state index in [1.807, 2.05) is 0 Å². The normalized spacial score (nSPS) is 17.7. The Labute approximate surface area is 131 Å². The zero-order valence-electron chi connectivity index (χ0n) is 12.5. The van der Waals surface area contributed by atoms with Gasteiger partial charge in [0.1, 0.15) is 12.4 Å². The summed E-state index contributed by atoms with van der Waals surface area (Å²) in [5.74, 6) is -5.38. The Hall–Kier alpha value is -2.05. The molecule has 23 heavy (non-hydrogen) atoms. The van der Waals surface area contributed by atoms with E-state index in [0.717, 1.165) is 4.90 Å². The number of carbonyl (C=O) groups excluding carboxylic acids is 1. The van der Waals surface area contributed by atoms with E-state index in [-0.39, 0.29) is 32.2 Å². The highest BCUT2D eigenvalue weighted by Crippen LogP contribution is 2.37. The minimum Gasteiger partial charge on any atom is -0.480 e. The number of amides is 1. The number of carboxylic acids is 1. The molecule has 1 aliphatic rings. The highest BCUT2D eigenvalue weighted by atomic mass is 19.3. The summed E-state index contributed by atoms with van der Waals surface area (Å²) in [6.45, 7) is -0.499. The number of nitrogens with zero attached hydrogens (tertiary/aromatic N) is 1. The van der Waals surface area contributed by atoms with E-state index >= 15 is 0 Å². The number of carboxylic acid groups (broad SMARTS) is 1. The molecule has 0 aromatic heterocycles. The molecule has 0 saturated heterocycles. The molecule has 2 rings (SSSR count). The van der Waals surface area contributed by atoms with Gasteiger partial charge in [0.2, 0.25) is 11.8 Å². The molecule has 1 aliphatic carbocycles. The average Bonchev–Trinajstić information content (AvgIpc) is 2.48. The van der Waals surface area contributed by atoms with Gasteiger partial charge in [-0.1, -0.05) is 12.1 Å². The molecule has 0 heterocycles. The first kappa shape index (κ1) is 17.3. The summed E-state index contributed by atoms with van der Waals surface area (Å²) in [6, 6.07) is 5.37. The van der Waals surface area contributed by atoms with Crippen LogP contribution < -0.4 is 0 Å². The van der Waals surface area contributed by atoms with E-state index in [1.165, 1.54) is 24.3 Å². The predicted octanol–water partition coefficient (Wildman–Crippen LogP) is 3.06. The molecule has 7 heteroatoms. The molecular weight excluding hydrogens is 311 g/mol. The van der Waals surface area contributed by atoms with Crippen molar-refractivity contribution in [1.29, 1.82) is 0 Å². The maximum absolute atomic E-state index is 13.2. The van der Waals surface area contributed by atoms with Crippen LogP contribution in [-0.2, 0) is 16.1 Å². The van der Waals surface area contributed by atoms with Crippen LogP contribution in [0.3, 0.4) is 0 Å². The van der Waals surface area contributed by atoms with Crippen LogP contribution in [0.15, 0.2) is 24.3 Å². The van der Waals surface area contributed by atoms with Gasteiger partial charge in [-0.05, 0) is 30.5 Å². The third-order valence-corrected chi connectivity index (χ3v) is 3.99. The van der Waals surface area contributed by atoms with Crippen molar-refractivity contribution in [3.63, 3.8) is 0 Å². The maximum Gasteiger partial charge on any atom is 0.323 e. The van der Waals surface area contributed by atoms with Gasteiger partial charge in [-0.2, -0.15) is 0 Å². The number of aliphatic carboxylic acids is 1. The first-order chi connectivity index (χ1) is 10.8. The summed E-state index contributed by atoms with van der Waals surface area (Å²) in [7, 11) is 0. The van der Waals surface area contributed by atoms with Crippen LogP contribution in [0.4, 0.5) is 13.2 Å². The third kappa shape index (κ3) is 4.97. The van der Waals surface area contributed by atoms with Gasteiger partial charge < -0.3 is 10.0 Å². The molecule has 0 spiro atoms. The van der Waals surface area contributed by atoms with Crippen molar-refractivity contribution in [3.05, 3.63) is 35.6 Å². The quantitative estimate of drug-likeness (QED) is 0.903. The molecule has 0 atom stereocenters. The Bertz CT molecular complexity index is 564. The van der Waals surface area contributed by atoms with Crippen molar-refractivity contribution in [2.24, 2.45) is 5.92 Å². The molecular formula is C16H18F3NO3. The van der Waals surface area contributed by atoms with Crippen LogP contribution in [0.5, 0.6) is 0 Å². The molecule has 1 saturated carbocycles. The lowest BCUT2D eigenvalue weighted by Crippen LogP contribution is -2.41. The van der Waals surface area contributed by atoms with Crippen LogP contribution >= 0.6 is 0 Å². The number of hydrogen-bond acceptors (Lipinski definition) is 2. The van der Waals surface area contributed by atoms with Crippen molar-refractivity contribution < 1.29 is 27.9 Å². The second kappa shape index (κ2) is 7.02. The SMILES string of the molecule is O=C(O)CN(Cc1ccc(F)cc1)C(=O)C1CCC(F)(F)CC1. The first-order valence-corrected chi connectivity index (χ1v) is 7.40. The second-order valence-electron chi connectivity index (χ2n) is 5.84. The standard InChI is InChI=1S/C16H18F3NO3/c17-13-3-1-11(2-4-13)9-20(10-14(21)22)15(23)12-5-7-16(18,19)8-6-12/h1-4,12H,5-10H2,(H,21,22). The molecule has 1 amide bonds. The fourth-order valence-electron chi connectivity index (χ4n) is 2.73. The highest BCUT2D eigenvalue weighted by molar-refractivity contribution is 5.83. The van der Waals surface area contributed by atoms with Gasteiger partial charge in [0.05, 0.1) is 0 Å². The minimum absolute atomic E-state index is 0.0122. The monoisotopic (exact) mass is 329 g/mol. The average molecular weight is 329 g/mol. The number of carbonyl (C=O) groups is 2. The Morgan fingerprint density at radius 2 is 1.74 bits per heavy atom. The first-order valence-electron chi connectivity index (χ1n) is 7.40. The van der Waals surface area contributed by atoms with Gasteiger partial charge in [-0.15, -0.1) is 0 Å². The number of halogens is 3. The van der Waals surface area contributed by atoms with E-state index in [1.54, 1.807) is 0 Å². The van der Waals surface area contributed by atoms with Crippen LogP contribution in [-0.4, -0.2) is 34.4 Å². The molecule has 0 unspecified atom stereocenters. The Kier molecular flexibility index (Phi) is 5.28. The summed E-state index contributed by atoms with van der Waals surface area (Å²) in [5.41, 5.74) is 0.585. The zero-order valence-corrected chi connectivity index (χ0v) is 12.5. The van der Waals surface area contributed by atoms with Gasteiger partial charge in [0.25, 0.3) is 0 Å². The lowest BCUT2D eigenvalue weighted by atomic mass is 9.86. The predicted molar refractivity (Wildman–Crippen MR) is 76.4 cm³/mol. The Morgan fingerprint density at radius 3 is 2.26 bits per heavy atom. The lowest BCUT2D eigenvalue weighted by Gasteiger charge is -2.31. The molecule has 1 fully saturated rings. The number of hydrogen-bond donors (Lipinski definition) is 1. The van der Waals surface area contributed by atoms with E-state index in [4.69, 9.17) is 5.11 Å². The number of rotatable bonds is 5. The summed E-state index contributed by atoms with van der Waals surface area (Å²) >= 11 is 0. The van der Waals surface area contributed by atoms with Crippen molar-refractivity contribution >= 4 is 11.9 Å². The summed E-state index contributed by atoms with van der Waals surface area (Å²) in [6.07, 6.45) is -0.627. The summed E-state index contributed by atoms with van der Waals surface area (Å²) in [5, 5.41) is 8.96. The highest BCUT2D eigenvalue weighted by Gasteiger charge is 2.38. The van der Waals surface area contributed by atoms with Gasteiger partial charge in [0.15, 0.2) is 0 Å². The molecule has 0 radical (unpaired) electrons. The van der Waals surface area contributed by atoms with Crippen molar-refractivity contribution in [3.8, 4) is 0 Å². The smallest absolute Gasteiger partial charge is 0.323 e. The summed E-state index contributed by atoms with van der Waals surface area (Å²) in [4.78, 5) is 24.6. The zero-order chi connectivity index (χ0) is 17.0. The molecule has 0 bridgehead atoms. The maximum atomic E-state index is 13.2. The van der Waals surface area contributed by atoms with Crippen LogP contribution in [0, 0.1) is 11.7 Å². The third-order valence-electron chi connectivity index (χ3n) is 3.99. The van der Waals surface area contributed by atoms with Crippen molar-refractivity contribution in [2.75, 3.05) is 6.54 Å². The summed E-state index contributed by atoms with van der Waals surface area (Å²) < 4.78 is 39.3. The van der Waals surface area contributed by atoms with Gasteiger partial charge in [-0.3, -0.25) is 9.59 Å². The van der Waals surface area contributed by atoms with Crippen LogP contribution in [0.25, 0.3) is 0 Å². The van der Waals surface area contributed by atoms with Gasteiger partial charge >= 0.3 is 5.97 Å². The number of alkyl halides is 2. The molecule has 4 nitrogen and oxygen atoms in total. The fraction of sp³-hybridized carbons (Fsp3) is 0.500. The minimum atomic E-state index is -2.74. The van der Waals surface area contributed by atoms with Crippen molar-refractivity contribution in [1.82, 2.24) is 4.90 Å². The van der Waals surface area contributed by atoms with E-state index in [2.05, 4.69) is 0 Å². The Morgan fingerprint density at radius 1 is 1.17 bits per heavy atom. The molecule has 126 valence electrons. The topological polar surface area (TPSA) is 57.6 Å². The molecule has 1 aromatic carbocycles. The number of benzene rings is 1. The fourth-order valence-corrected chi connectivity index (χ4v) is 2.73.